The lowest BCUT2D eigenvalue weighted by Gasteiger charge is -2.15. The average molecular weight is 401 g/mol. The van der Waals surface area contributed by atoms with Gasteiger partial charge in [0.1, 0.15) is 5.54 Å². The van der Waals surface area contributed by atoms with Crippen molar-refractivity contribution in [2.24, 2.45) is 0 Å². The number of hydrogen-bond donors (Lipinski definition) is 2. The first-order valence-electron chi connectivity index (χ1n) is 8.88. The molecule has 0 bridgehead atoms. The Kier molecular flexibility index (Phi) is 4.56. The molecule has 4 rings (SSSR count). The predicted octanol–water partition coefficient (Wildman–Crippen LogP) is 1.12. The number of carbonyl (C=O) groups is 1. The van der Waals surface area contributed by atoms with Crippen molar-refractivity contribution in [1.82, 2.24) is 20.2 Å². The van der Waals surface area contributed by atoms with Crippen LogP contribution in [0.1, 0.15) is 19.3 Å². The zero-order valence-corrected chi connectivity index (χ0v) is 15.7. The summed E-state index contributed by atoms with van der Waals surface area (Å²) in [6, 6.07) is 8.61. The Hall–Kier alpha value is -2.90. The third-order valence-electron chi connectivity index (χ3n) is 5.01. The highest BCUT2D eigenvalue weighted by molar-refractivity contribution is 7.92. The van der Waals surface area contributed by atoms with E-state index < -0.39 is 32.9 Å². The number of imidazole rings is 1. The Morgan fingerprint density at radius 1 is 1.36 bits per heavy atom. The lowest BCUT2D eigenvalue weighted by Crippen LogP contribution is -2.40. The van der Waals surface area contributed by atoms with Gasteiger partial charge in [0.25, 0.3) is 0 Å². The molecule has 1 saturated heterocycles. The van der Waals surface area contributed by atoms with Crippen molar-refractivity contribution < 1.29 is 17.9 Å². The van der Waals surface area contributed by atoms with E-state index in [1.165, 1.54) is 0 Å². The van der Waals surface area contributed by atoms with Crippen LogP contribution in [0.4, 0.5) is 4.79 Å². The van der Waals surface area contributed by atoms with Crippen LogP contribution in [0.5, 0.6) is 0 Å². The van der Waals surface area contributed by atoms with Crippen LogP contribution in [0.15, 0.2) is 47.9 Å². The summed E-state index contributed by atoms with van der Waals surface area (Å²) in [6.07, 6.45) is 4.99. The minimum Gasteiger partial charge on any atom is -0.430 e. The zero-order chi connectivity index (χ0) is 19.8. The number of alkyl carbamates (subject to hydrolysis) is 1. The van der Waals surface area contributed by atoms with Crippen molar-refractivity contribution in [3.63, 3.8) is 0 Å². The second kappa shape index (κ2) is 6.92. The molecule has 0 unspecified atom stereocenters. The first kappa shape index (κ1) is 18.5. The monoisotopic (exact) mass is 401 g/mol. The number of nitrogens with zero attached hydrogens (tertiary/aromatic N) is 3. The lowest BCUT2D eigenvalue weighted by atomic mass is 10.3. The molecule has 2 N–H and O–H groups in total. The van der Waals surface area contributed by atoms with E-state index in [9.17, 15) is 13.2 Å². The molecule has 2 aliphatic rings. The molecule has 2 fully saturated rings. The van der Waals surface area contributed by atoms with Crippen LogP contribution in [0.25, 0.3) is 5.69 Å². The van der Waals surface area contributed by atoms with Gasteiger partial charge < -0.3 is 14.6 Å². The van der Waals surface area contributed by atoms with Crippen LogP contribution in [0.3, 0.4) is 0 Å². The van der Waals surface area contributed by atoms with Crippen LogP contribution in [-0.4, -0.2) is 47.6 Å². The van der Waals surface area contributed by atoms with Gasteiger partial charge in [0.15, 0.2) is 16.1 Å². The molecule has 1 aliphatic heterocycles. The summed E-state index contributed by atoms with van der Waals surface area (Å²) in [5.41, 5.74) is -0.0107. The summed E-state index contributed by atoms with van der Waals surface area (Å²) >= 11 is 0. The predicted molar refractivity (Wildman–Crippen MR) is 98.1 cm³/mol. The maximum absolute atomic E-state index is 12.9. The number of ether oxygens (including phenoxy) is 1. The van der Waals surface area contributed by atoms with Crippen molar-refractivity contribution in [2.45, 2.75) is 41.2 Å². The van der Waals surface area contributed by atoms with Crippen molar-refractivity contribution in [1.29, 1.82) is 5.26 Å². The molecular weight excluding hydrogens is 382 g/mol. The second-order valence-corrected chi connectivity index (χ2v) is 9.22. The van der Waals surface area contributed by atoms with Gasteiger partial charge in [-0.3, -0.25) is 5.32 Å². The summed E-state index contributed by atoms with van der Waals surface area (Å²) in [6.45, 7) is 0.187. The number of benzene rings is 1. The minimum absolute atomic E-state index is 0.151. The summed E-state index contributed by atoms with van der Waals surface area (Å²) in [5.74, 6) is 0. The van der Waals surface area contributed by atoms with Gasteiger partial charge in [-0.15, -0.1) is 0 Å². The zero-order valence-electron chi connectivity index (χ0n) is 14.9. The van der Waals surface area contributed by atoms with E-state index in [2.05, 4.69) is 15.6 Å². The summed E-state index contributed by atoms with van der Waals surface area (Å²) in [4.78, 5) is 16.1. The third kappa shape index (κ3) is 3.58. The van der Waals surface area contributed by atoms with E-state index in [1.54, 1.807) is 47.6 Å². The van der Waals surface area contributed by atoms with Crippen LogP contribution in [0.2, 0.25) is 0 Å². The number of nitrogens with one attached hydrogen (secondary N) is 2. The minimum atomic E-state index is -3.57. The molecule has 1 saturated carbocycles. The Morgan fingerprint density at radius 3 is 2.71 bits per heavy atom. The molecule has 28 heavy (non-hydrogen) atoms. The molecule has 146 valence electrons. The lowest BCUT2D eigenvalue weighted by molar-refractivity contribution is 0.0876. The van der Waals surface area contributed by atoms with Crippen molar-refractivity contribution >= 4 is 15.9 Å². The van der Waals surface area contributed by atoms with Crippen LogP contribution >= 0.6 is 0 Å². The number of carbonyl (C=O) groups excluding carboxylic acids is 1. The van der Waals surface area contributed by atoms with Crippen molar-refractivity contribution in [3.8, 4) is 11.8 Å². The maximum atomic E-state index is 12.9. The largest absolute Gasteiger partial charge is 0.430 e. The molecule has 2 heterocycles. The quantitative estimate of drug-likeness (QED) is 0.769. The molecule has 2 aromatic rings. The van der Waals surface area contributed by atoms with Crippen LogP contribution in [-0.2, 0) is 14.6 Å². The highest BCUT2D eigenvalue weighted by atomic mass is 32.2. The van der Waals surface area contributed by atoms with E-state index in [4.69, 9.17) is 10.00 Å². The first-order chi connectivity index (χ1) is 13.4. The second-order valence-electron chi connectivity index (χ2n) is 6.99. The summed E-state index contributed by atoms with van der Waals surface area (Å²) in [5, 5.41) is 13.7. The number of amides is 1. The fraction of sp³-hybridized carbons (Fsp3) is 0.389. The van der Waals surface area contributed by atoms with Gasteiger partial charge in [-0.25, -0.2) is 18.2 Å². The highest BCUT2D eigenvalue weighted by Gasteiger charge is 2.46. The van der Waals surface area contributed by atoms with E-state index >= 15 is 0 Å². The SMILES string of the molecule is N#CC1(NC(=O)O[C@H]2C[C@@H](S(=O)(=O)c3ccc(-n4ccnc4)cc3)CN2)CC1. The van der Waals surface area contributed by atoms with Gasteiger partial charge in [-0.1, -0.05) is 0 Å². The normalized spacial score (nSPS) is 23.0. The maximum Gasteiger partial charge on any atom is 0.409 e. The fourth-order valence-electron chi connectivity index (χ4n) is 3.15. The molecule has 1 aromatic heterocycles. The number of hydrogen-bond acceptors (Lipinski definition) is 7. The Balaban J connectivity index is 1.39. The summed E-state index contributed by atoms with van der Waals surface area (Å²) < 4.78 is 32.8. The van der Waals surface area contributed by atoms with Gasteiger partial charge in [0.2, 0.25) is 0 Å². The van der Waals surface area contributed by atoms with Gasteiger partial charge in [0, 0.05) is 31.0 Å². The average Bonchev–Trinajstić information content (AvgIpc) is 3.09. The molecule has 1 amide bonds. The van der Waals surface area contributed by atoms with Crippen molar-refractivity contribution in [3.05, 3.63) is 43.0 Å². The smallest absolute Gasteiger partial charge is 0.409 e. The standard InChI is InChI=1S/C18H19N5O4S/c19-11-18(5-6-18)22-17(24)27-16-9-15(10-21-16)28(25,26)14-3-1-13(2-4-14)23-8-7-20-12-23/h1-4,7-8,12,15-16,21H,5-6,9-10H2,(H,22,24)/t15-,16+/m1/s1. The Morgan fingerprint density at radius 2 is 2.11 bits per heavy atom. The molecule has 0 radical (unpaired) electrons. The van der Waals surface area contributed by atoms with Gasteiger partial charge in [-0.05, 0) is 37.1 Å². The van der Waals surface area contributed by atoms with Crippen molar-refractivity contribution in [2.75, 3.05) is 6.54 Å². The fourth-order valence-corrected chi connectivity index (χ4v) is 4.79. The Labute approximate surface area is 162 Å². The number of aromatic nitrogens is 2. The molecule has 10 heteroatoms. The first-order valence-corrected chi connectivity index (χ1v) is 10.4. The van der Waals surface area contributed by atoms with Crippen LogP contribution in [0, 0.1) is 11.3 Å². The molecule has 1 aliphatic carbocycles. The third-order valence-corrected chi connectivity index (χ3v) is 7.18. The summed E-state index contributed by atoms with van der Waals surface area (Å²) in [7, 11) is -3.57. The molecular formula is C18H19N5O4S. The molecule has 1 aromatic carbocycles. The van der Waals surface area contributed by atoms with Crippen LogP contribution < -0.4 is 10.6 Å². The number of sulfone groups is 1. The van der Waals surface area contributed by atoms with Gasteiger partial charge in [0.05, 0.1) is 22.5 Å². The van der Waals surface area contributed by atoms with Gasteiger partial charge in [-0.2, -0.15) is 5.26 Å². The Bertz CT molecular complexity index is 1010. The topological polar surface area (TPSA) is 126 Å². The highest BCUT2D eigenvalue weighted by Crippen LogP contribution is 2.34. The number of nitriles is 1. The number of rotatable bonds is 5. The van der Waals surface area contributed by atoms with Gasteiger partial charge >= 0.3 is 6.09 Å². The molecule has 9 nitrogen and oxygen atoms in total. The van der Waals surface area contributed by atoms with E-state index in [0.29, 0.717) is 12.8 Å². The van der Waals surface area contributed by atoms with E-state index in [0.717, 1.165) is 5.69 Å². The molecule has 2 atom stereocenters. The molecule has 0 spiro atoms. The van der Waals surface area contributed by atoms with E-state index in [-0.39, 0.29) is 17.9 Å². The van der Waals surface area contributed by atoms with E-state index in [1.807, 2.05) is 6.07 Å².